The molecule has 2 aromatic carbocycles. The smallest absolute Gasteiger partial charge is 0.349 e. The second-order valence-electron chi connectivity index (χ2n) is 8.73. The van der Waals surface area contributed by atoms with Crippen LogP contribution in [-0.2, 0) is 21.0 Å². The van der Waals surface area contributed by atoms with E-state index in [2.05, 4.69) is 10.0 Å². The molecule has 0 heterocycles. The first-order valence-electron chi connectivity index (χ1n) is 10.6. The van der Waals surface area contributed by atoms with Gasteiger partial charge in [0.15, 0.2) is 0 Å². The van der Waals surface area contributed by atoms with Crippen LogP contribution in [0.15, 0.2) is 53.4 Å². The summed E-state index contributed by atoms with van der Waals surface area (Å²) in [6.07, 6.45) is -2.84. The van der Waals surface area contributed by atoms with E-state index in [9.17, 15) is 30.8 Å². The molecule has 1 aliphatic rings. The number of halogens is 4. The van der Waals surface area contributed by atoms with E-state index in [4.69, 9.17) is 0 Å². The topological polar surface area (TPSA) is 75.3 Å². The van der Waals surface area contributed by atoms with Gasteiger partial charge in [-0.2, -0.15) is 13.2 Å². The third-order valence-corrected chi connectivity index (χ3v) is 7.71. The molecule has 0 saturated heterocycles. The van der Waals surface area contributed by atoms with E-state index in [1.165, 1.54) is 12.1 Å². The number of rotatable bonds is 6. The lowest BCUT2D eigenvalue weighted by Crippen LogP contribution is -2.46. The molecule has 3 rings (SSSR count). The van der Waals surface area contributed by atoms with Crippen LogP contribution >= 0.6 is 0 Å². The Bertz CT molecular complexity index is 1080. The lowest BCUT2D eigenvalue weighted by molar-refractivity contribution is -0.137. The third-order valence-electron chi connectivity index (χ3n) is 6.17. The number of benzene rings is 2. The minimum atomic E-state index is -4.54. The number of sulfonamides is 1. The molecular formula is C23H26F4N2O3S. The molecule has 1 amide bonds. The Morgan fingerprint density at radius 2 is 1.58 bits per heavy atom. The quantitative estimate of drug-likeness (QED) is 0.568. The number of amides is 1. The van der Waals surface area contributed by atoms with Gasteiger partial charge in [-0.15, -0.1) is 0 Å². The van der Waals surface area contributed by atoms with Crippen molar-refractivity contribution in [3.63, 3.8) is 0 Å². The number of nitrogens with one attached hydrogen (secondary N) is 2. The zero-order chi connectivity index (χ0) is 24.4. The summed E-state index contributed by atoms with van der Waals surface area (Å²) < 4.78 is 78.9. The summed E-state index contributed by atoms with van der Waals surface area (Å²) in [5.41, 5.74) is -0.841. The highest BCUT2D eigenvalue weighted by Crippen LogP contribution is 2.37. The Morgan fingerprint density at radius 3 is 2.09 bits per heavy atom. The molecule has 0 radical (unpaired) electrons. The van der Waals surface area contributed by atoms with Crippen molar-refractivity contribution in [1.29, 1.82) is 0 Å². The van der Waals surface area contributed by atoms with Crippen molar-refractivity contribution < 1.29 is 30.8 Å². The summed E-state index contributed by atoms with van der Waals surface area (Å²) in [6, 6.07) is 8.47. The van der Waals surface area contributed by atoms with Gasteiger partial charge in [-0.05, 0) is 74.6 Å². The van der Waals surface area contributed by atoms with E-state index in [1.807, 2.05) is 6.92 Å². The number of alkyl halides is 3. The van der Waals surface area contributed by atoms with Gasteiger partial charge in [-0.25, -0.2) is 17.5 Å². The predicted octanol–water partition coefficient (Wildman–Crippen LogP) is 4.95. The van der Waals surface area contributed by atoms with Crippen LogP contribution in [0.1, 0.15) is 56.7 Å². The maximum Gasteiger partial charge on any atom is 0.416 e. The number of carbonyl (C=O) groups excluding carboxylic acids is 1. The van der Waals surface area contributed by atoms with Crippen LogP contribution < -0.4 is 10.0 Å². The minimum absolute atomic E-state index is 0.164. The van der Waals surface area contributed by atoms with Gasteiger partial charge in [0.2, 0.25) is 15.9 Å². The van der Waals surface area contributed by atoms with Gasteiger partial charge in [-0.3, -0.25) is 4.79 Å². The van der Waals surface area contributed by atoms with Gasteiger partial charge in [0, 0.05) is 11.5 Å². The Hall–Kier alpha value is -2.46. The summed E-state index contributed by atoms with van der Waals surface area (Å²) in [5, 5.41) is 2.94. The Morgan fingerprint density at radius 1 is 1.03 bits per heavy atom. The van der Waals surface area contributed by atoms with E-state index in [1.54, 1.807) is 19.1 Å². The highest BCUT2D eigenvalue weighted by Gasteiger charge is 2.39. The highest BCUT2D eigenvalue weighted by molar-refractivity contribution is 7.89. The Labute approximate surface area is 190 Å². The average molecular weight is 487 g/mol. The van der Waals surface area contributed by atoms with Crippen molar-refractivity contribution >= 4 is 15.9 Å². The van der Waals surface area contributed by atoms with Crippen molar-refractivity contribution in [2.45, 2.75) is 62.7 Å². The molecule has 0 unspecified atom stereocenters. The van der Waals surface area contributed by atoms with Gasteiger partial charge in [0.05, 0.1) is 16.5 Å². The molecule has 1 aliphatic carbocycles. The first-order chi connectivity index (χ1) is 15.3. The van der Waals surface area contributed by atoms with E-state index < -0.39 is 33.2 Å². The van der Waals surface area contributed by atoms with Crippen molar-refractivity contribution in [2.24, 2.45) is 5.41 Å². The third kappa shape index (κ3) is 6.11. The molecule has 10 heteroatoms. The van der Waals surface area contributed by atoms with Crippen molar-refractivity contribution in [1.82, 2.24) is 10.0 Å². The number of hydrogen-bond acceptors (Lipinski definition) is 3. The summed E-state index contributed by atoms with van der Waals surface area (Å²) in [7, 11) is -3.99. The van der Waals surface area contributed by atoms with Gasteiger partial charge in [0.1, 0.15) is 5.82 Å². The lowest BCUT2D eigenvalue weighted by atomic mass is 9.73. The fourth-order valence-electron chi connectivity index (χ4n) is 3.92. The molecule has 180 valence electrons. The van der Waals surface area contributed by atoms with Crippen LogP contribution in [-0.4, -0.2) is 20.4 Å². The second-order valence-corrected chi connectivity index (χ2v) is 10.4. The molecule has 0 aliphatic heterocycles. The standard InChI is InChI=1S/C23H26F4N2O3S/c1-15(16-3-7-18(24)8-4-16)28-21(30)22(2)13-11-19(12-14-22)29-33(31,32)20-9-5-17(6-10-20)23(25,26)27/h3-10,15,19,29H,11-14H2,1-2H3,(H,28,30)/t15-,19-,22-/m1/s1. The van der Waals surface area contributed by atoms with Crippen LogP contribution in [0, 0.1) is 11.2 Å². The van der Waals surface area contributed by atoms with Crippen molar-refractivity contribution in [3.8, 4) is 0 Å². The zero-order valence-electron chi connectivity index (χ0n) is 18.2. The van der Waals surface area contributed by atoms with Gasteiger partial charge >= 0.3 is 6.18 Å². The van der Waals surface area contributed by atoms with E-state index in [0.717, 1.165) is 29.8 Å². The maximum atomic E-state index is 13.1. The molecule has 1 atom stereocenters. The van der Waals surface area contributed by atoms with Crippen molar-refractivity contribution in [2.75, 3.05) is 0 Å². The zero-order valence-corrected chi connectivity index (χ0v) is 19.1. The maximum absolute atomic E-state index is 13.1. The first kappa shape index (κ1) is 25.2. The fourth-order valence-corrected chi connectivity index (χ4v) is 5.22. The molecule has 0 spiro atoms. The number of carbonyl (C=O) groups is 1. The van der Waals surface area contributed by atoms with Crippen LogP contribution in [0.2, 0.25) is 0 Å². The summed E-state index contributed by atoms with van der Waals surface area (Å²) in [6.45, 7) is 3.62. The van der Waals surface area contributed by atoms with Crippen LogP contribution in [0.25, 0.3) is 0 Å². The predicted molar refractivity (Wildman–Crippen MR) is 115 cm³/mol. The first-order valence-corrected chi connectivity index (χ1v) is 12.0. The monoisotopic (exact) mass is 486 g/mol. The molecule has 2 aromatic rings. The van der Waals surface area contributed by atoms with Gasteiger partial charge in [0.25, 0.3) is 0 Å². The minimum Gasteiger partial charge on any atom is -0.349 e. The Balaban J connectivity index is 1.58. The van der Waals surface area contributed by atoms with Crippen molar-refractivity contribution in [3.05, 3.63) is 65.5 Å². The molecule has 0 aromatic heterocycles. The van der Waals surface area contributed by atoms with Gasteiger partial charge in [-0.1, -0.05) is 19.1 Å². The van der Waals surface area contributed by atoms with Crippen LogP contribution in [0.5, 0.6) is 0 Å². The van der Waals surface area contributed by atoms with Gasteiger partial charge < -0.3 is 5.32 Å². The lowest BCUT2D eigenvalue weighted by Gasteiger charge is -2.37. The SMILES string of the molecule is C[C@@H](NC(=O)[C@]1(C)CC[C@@H](NS(=O)(=O)c2ccc(C(F)(F)F)cc2)CC1)c1ccc(F)cc1. The van der Waals surface area contributed by atoms with E-state index >= 15 is 0 Å². The molecule has 1 fully saturated rings. The Kier molecular flexibility index (Phi) is 7.18. The largest absolute Gasteiger partial charge is 0.416 e. The fraction of sp³-hybridized carbons (Fsp3) is 0.435. The molecule has 1 saturated carbocycles. The van der Waals surface area contributed by atoms with E-state index in [0.29, 0.717) is 25.7 Å². The number of hydrogen-bond donors (Lipinski definition) is 2. The molecule has 2 N–H and O–H groups in total. The summed E-state index contributed by atoms with van der Waals surface area (Å²) in [5.74, 6) is -0.523. The van der Waals surface area contributed by atoms with E-state index in [-0.39, 0.29) is 22.7 Å². The highest BCUT2D eigenvalue weighted by atomic mass is 32.2. The van der Waals surface area contributed by atoms with Crippen LogP contribution in [0.4, 0.5) is 17.6 Å². The molecule has 5 nitrogen and oxygen atoms in total. The summed E-state index contributed by atoms with van der Waals surface area (Å²) >= 11 is 0. The molecular weight excluding hydrogens is 460 g/mol. The summed E-state index contributed by atoms with van der Waals surface area (Å²) in [4.78, 5) is 12.6. The average Bonchev–Trinajstić information content (AvgIpc) is 2.75. The second kappa shape index (κ2) is 9.42. The molecule has 0 bridgehead atoms. The molecule has 33 heavy (non-hydrogen) atoms. The van der Waals surface area contributed by atoms with Crippen LogP contribution in [0.3, 0.4) is 0 Å². The normalized spacial score (nSPS) is 22.5.